The van der Waals surface area contributed by atoms with E-state index in [0.717, 1.165) is 12.1 Å². The van der Waals surface area contributed by atoms with E-state index in [2.05, 4.69) is 32.0 Å². The summed E-state index contributed by atoms with van der Waals surface area (Å²) in [5, 5.41) is 2.57. The maximum absolute atomic E-state index is 12.8. The van der Waals surface area contributed by atoms with Crippen LogP contribution >= 0.6 is 27.5 Å². The van der Waals surface area contributed by atoms with Crippen LogP contribution in [0.4, 0.5) is 10.1 Å². The normalized spacial score (nSPS) is 8.79. The molecule has 5 heteroatoms. The van der Waals surface area contributed by atoms with Gasteiger partial charge in [-0.15, -0.1) is 0 Å². The highest BCUT2D eigenvalue weighted by atomic mass is 79.9. The average molecular weight is 276 g/mol. The smallest absolute Gasteiger partial charge is 0.301 e. The molecule has 0 saturated heterocycles. The highest BCUT2D eigenvalue weighted by Crippen LogP contribution is 2.17. The lowest BCUT2D eigenvalue weighted by molar-refractivity contribution is -0.111. The summed E-state index contributed by atoms with van der Waals surface area (Å²) in [5.41, 5.74) is 0.273. The Labute approximate surface area is 93.6 Å². The first-order valence-electron chi connectivity index (χ1n) is 3.50. The fraction of sp³-hybridized carbons (Fsp3) is 0. The van der Waals surface area contributed by atoms with E-state index in [1.54, 1.807) is 0 Å². The molecule has 0 fully saturated rings. The van der Waals surface area contributed by atoms with E-state index in [0.29, 0.717) is 0 Å². The highest BCUT2D eigenvalue weighted by Gasteiger charge is 2.01. The van der Waals surface area contributed by atoms with Gasteiger partial charge < -0.3 is 5.32 Å². The maximum Gasteiger partial charge on any atom is 0.301 e. The zero-order valence-corrected chi connectivity index (χ0v) is 9.12. The number of halogens is 3. The summed E-state index contributed by atoms with van der Waals surface area (Å²) in [4.78, 5) is 13.2. The van der Waals surface area contributed by atoms with Gasteiger partial charge in [-0.05, 0) is 23.0 Å². The molecule has 0 atom stereocenters. The highest BCUT2D eigenvalue weighted by molar-refractivity contribution is 9.12. The van der Waals surface area contributed by atoms with Crippen molar-refractivity contribution < 1.29 is 9.18 Å². The molecular weight excluding hydrogens is 272 g/mol. The third kappa shape index (κ3) is 3.36. The van der Waals surface area contributed by atoms with Gasteiger partial charge in [-0.25, -0.2) is 4.39 Å². The first kappa shape index (κ1) is 11.0. The molecule has 0 spiro atoms. The van der Waals surface area contributed by atoms with Gasteiger partial charge in [0.25, 0.3) is 0 Å². The predicted octanol–water partition coefficient (Wildman–Crippen LogP) is 2.77. The quantitative estimate of drug-likeness (QED) is 0.785. The van der Waals surface area contributed by atoms with Gasteiger partial charge in [-0.2, -0.15) is 0 Å². The van der Waals surface area contributed by atoms with Gasteiger partial charge in [0.15, 0.2) is 0 Å². The van der Waals surface area contributed by atoms with Crippen LogP contribution in [-0.2, 0) is 4.79 Å². The molecule has 0 aliphatic rings. The van der Waals surface area contributed by atoms with Gasteiger partial charge in [0.2, 0.25) is 0 Å². The van der Waals surface area contributed by atoms with Crippen molar-refractivity contribution in [1.29, 1.82) is 0 Å². The van der Waals surface area contributed by atoms with Crippen LogP contribution in [0.25, 0.3) is 0 Å². The van der Waals surface area contributed by atoms with Crippen LogP contribution in [0.5, 0.6) is 0 Å². The summed E-state index contributed by atoms with van der Waals surface area (Å²) in [6.45, 7) is 0. The summed E-state index contributed by atoms with van der Waals surface area (Å²) in [6.07, 6.45) is 0. The van der Waals surface area contributed by atoms with Crippen molar-refractivity contribution in [1.82, 2.24) is 0 Å². The maximum atomic E-state index is 12.8. The van der Waals surface area contributed by atoms with Crippen molar-refractivity contribution in [3.63, 3.8) is 0 Å². The molecular formula is C9H4BrClFNO. The zero-order valence-electron chi connectivity index (χ0n) is 6.77. The second-order valence-electron chi connectivity index (χ2n) is 2.33. The standard InChI is InChI=1S/C9H4BrClFNO/c10-2-1-9(14)13-8-4-6(11)3-7(12)5-8/h3-5H,(H,13,14). The number of hydrogen-bond acceptors (Lipinski definition) is 1. The summed E-state index contributed by atoms with van der Waals surface area (Å²) in [7, 11) is 0. The third-order valence-electron chi connectivity index (χ3n) is 1.28. The van der Waals surface area contributed by atoms with Gasteiger partial charge in [0.05, 0.1) is 0 Å². The van der Waals surface area contributed by atoms with Crippen molar-refractivity contribution >= 4 is 39.1 Å². The average Bonchev–Trinajstić information content (AvgIpc) is 2.01. The molecule has 0 heterocycles. The zero-order chi connectivity index (χ0) is 10.6. The molecule has 14 heavy (non-hydrogen) atoms. The second-order valence-corrected chi connectivity index (χ2v) is 3.16. The lowest BCUT2D eigenvalue weighted by Crippen LogP contribution is -2.08. The molecule has 2 nitrogen and oxygen atoms in total. The Hall–Kier alpha value is -1.05. The summed E-state index contributed by atoms with van der Waals surface area (Å²) < 4.78 is 12.8. The number of anilines is 1. The Kier molecular flexibility index (Phi) is 3.93. The van der Waals surface area contributed by atoms with Crippen LogP contribution in [0.2, 0.25) is 5.02 Å². The Morgan fingerprint density at radius 1 is 1.50 bits per heavy atom. The third-order valence-corrected chi connectivity index (χ3v) is 1.70. The number of carbonyl (C=O) groups excluding carboxylic acids is 1. The molecule has 0 aromatic heterocycles. The number of benzene rings is 1. The van der Waals surface area contributed by atoms with E-state index in [9.17, 15) is 9.18 Å². The topological polar surface area (TPSA) is 29.1 Å². The molecule has 0 unspecified atom stereocenters. The van der Waals surface area contributed by atoms with Crippen molar-refractivity contribution in [2.45, 2.75) is 0 Å². The minimum absolute atomic E-state index is 0.215. The Morgan fingerprint density at radius 2 is 2.21 bits per heavy atom. The molecule has 1 rings (SSSR count). The molecule has 0 saturated carbocycles. The minimum atomic E-state index is -0.538. The fourth-order valence-corrected chi connectivity index (χ4v) is 1.23. The largest absolute Gasteiger partial charge is 0.315 e. The van der Waals surface area contributed by atoms with Crippen LogP contribution in [-0.4, -0.2) is 5.91 Å². The van der Waals surface area contributed by atoms with E-state index in [-0.39, 0.29) is 10.7 Å². The van der Waals surface area contributed by atoms with E-state index >= 15 is 0 Å². The summed E-state index contributed by atoms with van der Waals surface area (Å²) in [6, 6.07) is 3.73. The lowest BCUT2D eigenvalue weighted by Gasteiger charge is -2.01. The molecule has 1 aromatic rings. The van der Waals surface area contributed by atoms with Gasteiger partial charge in [0.1, 0.15) is 5.82 Å². The van der Waals surface area contributed by atoms with Crippen molar-refractivity contribution in [2.75, 3.05) is 5.32 Å². The van der Waals surface area contributed by atoms with Crippen LogP contribution < -0.4 is 5.32 Å². The van der Waals surface area contributed by atoms with Crippen LogP contribution in [0.1, 0.15) is 0 Å². The predicted molar refractivity (Wildman–Crippen MR) is 56.7 cm³/mol. The van der Waals surface area contributed by atoms with Gasteiger partial charge >= 0.3 is 5.91 Å². The molecule has 1 aromatic carbocycles. The monoisotopic (exact) mass is 275 g/mol. The number of carbonyl (C=O) groups is 1. The number of rotatable bonds is 1. The molecule has 0 radical (unpaired) electrons. The Morgan fingerprint density at radius 3 is 2.79 bits per heavy atom. The lowest BCUT2D eigenvalue weighted by atomic mass is 10.3. The summed E-state index contributed by atoms with van der Waals surface area (Å²) >= 11 is 8.34. The van der Waals surface area contributed by atoms with Gasteiger partial charge in [-0.1, -0.05) is 11.6 Å². The van der Waals surface area contributed by atoms with E-state index in [1.807, 2.05) is 0 Å². The second kappa shape index (κ2) is 4.99. The van der Waals surface area contributed by atoms with Crippen molar-refractivity contribution in [3.05, 3.63) is 29.0 Å². The van der Waals surface area contributed by atoms with E-state index in [1.165, 1.54) is 6.07 Å². The van der Waals surface area contributed by atoms with Crippen molar-refractivity contribution in [2.24, 2.45) is 0 Å². The number of amides is 1. The van der Waals surface area contributed by atoms with Crippen molar-refractivity contribution in [3.8, 4) is 10.8 Å². The van der Waals surface area contributed by atoms with Crippen LogP contribution in [0.3, 0.4) is 0 Å². The SMILES string of the molecule is O=C(C#CBr)Nc1cc(F)cc(Cl)c1. The first-order chi connectivity index (χ1) is 6.61. The van der Waals surface area contributed by atoms with Gasteiger partial charge in [0, 0.05) is 32.6 Å². The number of nitrogens with one attached hydrogen (secondary N) is 1. The van der Waals surface area contributed by atoms with E-state index in [4.69, 9.17) is 11.6 Å². The molecule has 0 aliphatic heterocycles. The fourth-order valence-electron chi connectivity index (χ4n) is 0.831. The molecule has 0 aliphatic carbocycles. The van der Waals surface area contributed by atoms with Crippen LogP contribution in [0, 0.1) is 16.6 Å². The molecule has 1 amide bonds. The molecule has 1 N–H and O–H groups in total. The number of hydrogen-bond donors (Lipinski definition) is 1. The molecule has 0 bridgehead atoms. The van der Waals surface area contributed by atoms with Gasteiger partial charge in [-0.3, -0.25) is 4.79 Å². The molecule has 72 valence electrons. The minimum Gasteiger partial charge on any atom is -0.315 e. The Bertz CT molecular complexity index is 404. The first-order valence-corrected chi connectivity index (χ1v) is 4.67. The Balaban J connectivity index is 2.85. The summed E-state index contributed by atoms with van der Waals surface area (Å²) in [5.74, 6) is 1.13. The van der Waals surface area contributed by atoms with E-state index < -0.39 is 11.7 Å². The van der Waals surface area contributed by atoms with Crippen LogP contribution in [0.15, 0.2) is 18.2 Å².